The quantitative estimate of drug-likeness (QED) is 0.789. The van der Waals surface area contributed by atoms with Crippen LogP contribution in [0.15, 0.2) is 24.3 Å². The minimum atomic E-state index is -0.0429. The molecule has 6 heteroatoms. The van der Waals surface area contributed by atoms with Crippen molar-refractivity contribution >= 4 is 29.9 Å². The fourth-order valence-electron chi connectivity index (χ4n) is 2.91. The van der Waals surface area contributed by atoms with Gasteiger partial charge < -0.3 is 16.4 Å². The van der Waals surface area contributed by atoms with E-state index >= 15 is 0 Å². The highest BCUT2D eigenvalue weighted by Gasteiger charge is 2.26. The minimum Gasteiger partial charge on any atom is -0.349 e. The van der Waals surface area contributed by atoms with Gasteiger partial charge in [0.25, 0.3) is 5.91 Å². The van der Waals surface area contributed by atoms with Gasteiger partial charge in [0.15, 0.2) is 0 Å². The molecule has 1 aromatic carbocycles. The number of nitrogens with two attached hydrogens (primary N) is 1. The van der Waals surface area contributed by atoms with Crippen molar-refractivity contribution in [3.8, 4) is 0 Å². The molecule has 23 heavy (non-hydrogen) atoms. The summed E-state index contributed by atoms with van der Waals surface area (Å²) in [4.78, 5) is 24.1. The Labute approximate surface area is 142 Å². The summed E-state index contributed by atoms with van der Waals surface area (Å²) in [5, 5.41) is 5.87. The molecule has 4 N–H and O–H groups in total. The fraction of sp³-hybridized carbons (Fsp3) is 0.529. The van der Waals surface area contributed by atoms with Crippen molar-refractivity contribution in [1.82, 2.24) is 5.32 Å². The van der Waals surface area contributed by atoms with Crippen LogP contribution >= 0.6 is 12.4 Å². The summed E-state index contributed by atoms with van der Waals surface area (Å²) in [6.45, 7) is 0. The third kappa shape index (κ3) is 4.94. The molecule has 5 nitrogen and oxygen atoms in total. The summed E-state index contributed by atoms with van der Waals surface area (Å²) in [6, 6.07) is 7.55. The highest BCUT2D eigenvalue weighted by molar-refractivity contribution is 5.96. The second-order valence-electron chi connectivity index (χ2n) is 6.44. The van der Waals surface area contributed by atoms with Gasteiger partial charge in [0.05, 0.1) is 0 Å². The molecule has 2 saturated carbocycles. The van der Waals surface area contributed by atoms with E-state index in [0.29, 0.717) is 11.6 Å². The SMILES string of the molecule is Cl.NC1CCCC(C(=O)Nc2ccc(C(=O)NC3CC3)cc2)C1. The molecular weight excluding hydrogens is 314 g/mol. The molecule has 2 unspecified atom stereocenters. The number of benzene rings is 1. The molecule has 2 aliphatic rings. The number of carbonyl (C=O) groups is 2. The Morgan fingerprint density at radius 3 is 2.35 bits per heavy atom. The second-order valence-corrected chi connectivity index (χ2v) is 6.44. The smallest absolute Gasteiger partial charge is 0.251 e. The van der Waals surface area contributed by atoms with Crippen LogP contribution in [0.1, 0.15) is 48.9 Å². The van der Waals surface area contributed by atoms with Crippen molar-refractivity contribution in [3.05, 3.63) is 29.8 Å². The van der Waals surface area contributed by atoms with Crippen molar-refractivity contribution in [3.63, 3.8) is 0 Å². The first-order valence-electron chi connectivity index (χ1n) is 8.09. The predicted molar refractivity (Wildman–Crippen MR) is 92.7 cm³/mol. The molecule has 0 aliphatic heterocycles. The molecule has 1 aromatic rings. The summed E-state index contributed by atoms with van der Waals surface area (Å²) in [5.74, 6) is -0.00875. The summed E-state index contributed by atoms with van der Waals surface area (Å²) in [6.07, 6.45) is 5.83. The average Bonchev–Trinajstić information content (AvgIpc) is 3.32. The van der Waals surface area contributed by atoms with E-state index in [9.17, 15) is 9.59 Å². The molecule has 0 radical (unpaired) electrons. The highest BCUT2D eigenvalue weighted by atomic mass is 35.5. The van der Waals surface area contributed by atoms with Crippen LogP contribution in [0.4, 0.5) is 5.69 Å². The third-order valence-electron chi connectivity index (χ3n) is 4.41. The minimum absolute atomic E-state index is 0. The molecule has 2 fully saturated rings. The van der Waals surface area contributed by atoms with Gasteiger partial charge in [-0.25, -0.2) is 0 Å². The number of nitrogens with one attached hydrogen (secondary N) is 2. The first-order chi connectivity index (χ1) is 10.6. The average molecular weight is 338 g/mol. The van der Waals surface area contributed by atoms with E-state index in [4.69, 9.17) is 5.73 Å². The van der Waals surface area contributed by atoms with Crippen LogP contribution in [0.5, 0.6) is 0 Å². The molecule has 0 spiro atoms. The van der Waals surface area contributed by atoms with E-state index in [0.717, 1.165) is 44.2 Å². The lowest BCUT2D eigenvalue weighted by Gasteiger charge is -2.25. The Kier molecular flexibility index (Phi) is 6.02. The highest BCUT2D eigenvalue weighted by Crippen LogP contribution is 2.24. The first-order valence-corrected chi connectivity index (χ1v) is 8.09. The van der Waals surface area contributed by atoms with Gasteiger partial charge in [-0.15, -0.1) is 12.4 Å². The van der Waals surface area contributed by atoms with Gasteiger partial charge in [0, 0.05) is 29.3 Å². The number of hydrogen-bond acceptors (Lipinski definition) is 3. The van der Waals surface area contributed by atoms with Crippen LogP contribution in [0.2, 0.25) is 0 Å². The number of carbonyl (C=O) groups excluding carboxylic acids is 2. The predicted octanol–water partition coefficient (Wildman–Crippen LogP) is 2.46. The van der Waals surface area contributed by atoms with E-state index in [1.54, 1.807) is 24.3 Å². The van der Waals surface area contributed by atoms with Gasteiger partial charge in [-0.3, -0.25) is 9.59 Å². The number of rotatable bonds is 4. The normalized spacial score (nSPS) is 23.5. The number of hydrogen-bond donors (Lipinski definition) is 3. The lowest BCUT2D eigenvalue weighted by molar-refractivity contribution is -0.120. The van der Waals surface area contributed by atoms with E-state index in [1.807, 2.05) is 0 Å². The van der Waals surface area contributed by atoms with Crippen molar-refractivity contribution in [2.24, 2.45) is 11.7 Å². The Balaban J connectivity index is 0.00000192. The van der Waals surface area contributed by atoms with Crippen LogP contribution < -0.4 is 16.4 Å². The van der Waals surface area contributed by atoms with Crippen molar-refractivity contribution < 1.29 is 9.59 Å². The van der Waals surface area contributed by atoms with E-state index in [1.165, 1.54) is 0 Å². The first kappa shape index (κ1) is 17.8. The Hall–Kier alpha value is -1.59. The Bertz CT molecular complexity index is 557. The number of halogens is 1. The van der Waals surface area contributed by atoms with Crippen LogP contribution in [-0.2, 0) is 4.79 Å². The van der Waals surface area contributed by atoms with Gasteiger partial charge in [-0.05, 0) is 56.4 Å². The largest absolute Gasteiger partial charge is 0.349 e. The molecule has 2 aliphatic carbocycles. The zero-order valence-corrected chi connectivity index (χ0v) is 13.9. The van der Waals surface area contributed by atoms with E-state index < -0.39 is 0 Å². The van der Waals surface area contributed by atoms with Gasteiger partial charge in [-0.2, -0.15) is 0 Å². The molecule has 126 valence electrons. The van der Waals surface area contributed by atoms with Gasteiger partial charge >= 0.3 is 0 Å². The summed E-state index contributed by atoms with van der Waals surface area (Å²) >= 11 is 0. The van der Waals surface area contributed by atoms with Gasteiger partial charge in [0.2, 0.25) is 5.91 Å². The van der Waals surface area contributed by atoms with E-state index in [-0.39, 0.29) is 36.2 Å². The maximum absolute atomic E-state index is 12.2. The van der Waals surface area contributed by atoms with Crippen LogP contribution in [0, 0.1) is 5.92 Å². The van der Waals surface area contributed by atoms with Crippen molar-refractivity contribution in [2.75, 3.05) is 5.32 Å². The lowest BCUT2D eigenvalue weighted by atomic mass is 9.85. The molecule has 0 bridgehead atoms. The maximum Gasteiger partial charge on any atom is 0.251 e. The topological polar surface area (TPSA) is 84.2 Å². The lowest BCUT2D eigenvalue weighted by Crippen LogP contribution is -2.34. The summed E-state index contributed by atoms with van der Waals surface area (Å²) in [5.41, 5.74) is 7.29. The second kappa shape index (κ2) is 7.79. The van der Waals surface area contributed by atoms with Crippen LogP contribution in [-0.4, -0.2) is 23.9 Å². The standard InChI is InChI=1S/C17H23N3O2.ClH/c18-13-3-1-2-12(10-13)17(22)20-14-6-4-11(5-7-14)16(21)19-15-8-9-15;/h4-7,12-13,15H,1-3,8-10,18H2,(H,19,21)(H,20,22);1H. The monoisotopic (exact) mass is 337 g/mol. The van der Waals surface area contributed by atoms with Crippen molar-refractivity contribution in [1.29, 1.82) is 0 Å². The van der Waals surface area contributed by atoms with Gasteiger partial charge in [0.1, 0.15) is 0 Å². The van der Waals surface area contributed by atoms with Crippen LogP contribution in [0.25, 0.3) is 0 Å². The summed E-state index contributed by atoms with van der Waals surface area (Å²) in [7, 11) is 0. The molecule has 2 amide bonds. The fourth-order valence-corrected chi connectivity index (χ4v) is 2.91. The van der Waals surface area contributed by atoms with Crippen LogP contribution in [0.3, 0.4) is 0 Å². The number of amides is 2. The molecule has 3 rings (SSSR count). The molecule has 0 aromatic heterocycles. The molecule has 0 saturated heterocycles. The molecule has 2 atom stereocenters. The van der Waals surface area contributed by atoms with E-state index in [2.05, 4.69) is 10.6 Å². The zero-order chi connectivity index (χ0) is 15.5. The molecular formula is C17H24ClN3O2. The number of anilines is 1. The van der Waals surface area contributed by atoms with Crippen molar-refractivity contribution in [2.45, 2.75) is 50.6 Å². The zero-order valence-electron chi connectivity index (χ0n) is 13.1. The Morgan fingerprint density at radius 1 is 1.04 bits per heavy atom. The maximum atomic E-state index is 12.2. The summed E-state index contributed by atoms with van der Waals surface area (Å²) < 4.78 is 0. The third-order valence-corrected chi connectivity index (χ3v) is 4.41. The van der Waals surface area contributed by atoms with Gasteiger partial charge in [-0.1, -0.05) is 6.42 Å². The molecule has 0 heterocycles. The Morgan fingerprint density at radius 2 is 1.74 bits per heavy atom.